The lowest BCUT2D eigenvalue weighted by Crippen LogP contribution is -2.42. The molecule has 0 bridgehead atoms. The summed E-state index contributed by atoms with van der Waals surface area (Å²) >= 11 is 5.76. The lowest BCUT2D eigenvalue weighted by Gasteiger charge is -2.35. The molecule has 2 rings (SSSR count). The van der Waals surface area contributed by atoms with Crippen LogP contribution < -0.4 is 0 Å². The fourth-order valence-electron chi connectivity index (χ4n) is 2.30. The highest BCUT2D eigenvalue weighted by atomic mass is 35.5. The Labute approximate surface area is 112 Å². The van der Waals surface area contributed by atoms with E-state index in [9.17, 15) is 9.90 Å². The molecule has 3 nitrogen and oxygen atoms in total. The van der Waals surface area contributed by atoms with Gasteiger partial charge in [0.05, 0.1) is 5.56 Å². The number of rotatable bonds is 1. The second kappa shape index (κ2) is 5.19. The van der Waals surface area contributed by atoms with Crippen LogP contribution in [0.3, 0.4) is 0 Å². The van der Waals surface area contributed by atoms with E-state index >= 15 is 0 Å². The fraction of sp³-hybridized carbons (Fsp3) is 0.500. The lowest BCUT2D eigenvalue weighted by molar-refractivity contribution is 0.0624. The average Bonchev–Trinajstić information content (AvgIpc) is 2.32. The van der Waals surface area contributed by atoms with Crippen molar-refractivity contribution in [3.8, 4) is 5.75 Å². The molecule has 0 radical (unpaired) electrons. The predicted octanol–water partition coefficient (Wildman–Crippen LogP) is 3.16. The molecule has 0 spiro atoms. The molecular formula is C14H18ClNO2. The molecule has 1 aromatic carbocycles. The summed E-state index contributed by atoms with van der Waals surface area (Å²) in [5.41, 5.74) is 0.334. The van der Waals surface area contributed by atoms with Gasteiger partial charge in [-0.25, -0.2) is 0 Å². The van der Waals surface area contributed by atoms with Crippen molar-refractivity contribution in [3.05, 3.63) is 28.8 Å². The highest BCUT2D eigenvalue weighted by Crippen LogP contribution is 2.27. The Bertz CT molecular complexity index is 461. The van der Waals surface area contributed by atoms with E-state index in [4.69, 9.17) is 11.6 Å². The van der Waals surface area contributed by atoms with Gasteiger partial charge in [0.25, 0.3) is 5.91 Å². The van der Waals surface area contributed by atoms with E-state index in [0.29, 0.717) is 22.4 Å². The summed E-state index contributed by atoms with van der Waals surface area (Å²) in [7, 11) is 0. The first-order valence-electron chi connectivity index (χ1n) is 6.27. The summed E-state index contributed by atoms with van der Waals surface area (Å²) in [4.78, 5) is 14.1. The van der Waals surface area contributed by atoms with Crippen LogP contribution in [0.25, 0.3) is 0 Å². The molecule has 1 N–H and O–H groups in total. The van der Waals surface area contributed by atoms with Crippen molar-refractivity contribution in [2.75, 3.05) is 13.1 Å². The summed E-state index contributed by atoms with van der Waals surface area (Å²) in [6.45, 7) is 5.88. The minimum absolute atomic E-state index is 0.0428. The Balaban J connectivity index is 2.16. The van der Waals surface area contributed by atoms with Crippen LogP contribution in [-0.4, -0.2) is 29.0 Å². The number of carbonyl (C=O) groups excluding carboxylic acids is 1. The smallest absolute Gasteiger partial charge is 0.257 e. The summed E-state index contributed by atoms with van der Waals surface area (Å²) in [5.74, 6) is 0.992. The van der Waals surface area contributed by atoms with Crippen molar-refractivity contribution in [1.29, 1.82) is 0 Å². The molecular weight excluding hydrogens is 250 g/mol. The van der Waals surface area contributed by atoms with Crippen molar-refractivity contribution >= 4 is 17.5 Å². The van der Waals surface area contributed by atoms with Crippen molar-refractivity contribution in [1.82, 2.24) is 4.90 Å². The minimum Gasteiger partial charge on any atom is -0.507 e. The summed E-state index contributed by atoms with van der Waals surface area (Å²) in [5, 5.41) is 10.2. The number of aromatic hydroxyl groups is 1. The number of nitrogens with zero attached hydrogens (tertiary/aromatic N) is 1. The van der Waals surface area contributed by atoms with Gasteiger partial charge in [0, 0.05) is 18.1 Å². The molecule has 0 saturated carbocycles. The maximum absolute atomic E-state index is 12.3. The molecule has 98 valence electrons. The Morgan fingerprint density at radius 1 is 1.39 bits per heavy atom. The summed E-state index contributed by atoms with van der Waals surface area (Å²) in [6.07, 6.45) is 1.02. The molecule has 0 aromatic heterocycles. The van der Waals surface area contributed by atoms with Gasteiger partial charge in [-0.1, -0.05) is 25.4 Å². The largest absolute Gasteiger partial charge is 0.507 e. The number of halogens is 1. The van der Waals surface area contributed by atoms with Gasteiger partial charge in [0.15, 0.2) is 0 Å². The molecule has 1 heterocycles. The van der Waals surface area contributed by atoms with E-state index in [-0.39, 0.29) is 11.7 Å². The van der Waals surface area contributed by atoms with Gasteiger partial charge in [0.2, 0.25) is 0 Å². The Morgan fingerprint density at radius 3 is 2.72 bits per heavy atom. The molecule has 1 saturated heterocycles. The molecule has 1 aliphatic heterocycles. The van der Waals surface area contributed by atoms with Crippen LogP contribution in [0, 0.1) is 11.8 Å². The molecule has 4 heteroatoms. The first-order chi connectivity index (χ1) is 8.49. The quantitative estimate of drug-likeness (QED) is 0.849. The Hall–Kier alpha value is -1.22. The second-order valence-electron chi connectivity index (χ2n) is 5.16. The van der Waals surface area contributed by atoms with Crippen molar-refractivity contribution in [2.24, 2.45) is 11.8 Å². The second-order valence-corrected chi connectivity index (χ2v) is 5.59. The van der Waals surface area contributed by atoms with Gasteiger partial charge in [-0.05, 0) is 36.5 Å². The van der Waals surface area contributed by atoms with Crippen LogP contribution in [0.2, 0.25) is 5.02 Å². The average molecular weight is 268 g/mol. The zero-order valence-electron chi connectivity index (χ0n) is 10.7. The number of likely N-dealkylation sites (tertiary alicyclic amines) is 1. The van der Waals surface area contributed by atoms with Gasteiger partial charge in [-0.2, -0.15) is 0 Å². The maximum Gasteiger partial charge on any atom is 0.257 e. The number of benzene rings is 1. The van der Waals surface area contributed by atoms with Crippen molar-refractivity contribution < 1.29 is 9.90 Å². The zero-order chi connectivity index (χ0) is 13.3. The van der Waals surface area contributed by atoms with Gasteiger partial charge >= 0.3 is 0 Å². The number of hydrogen-bond donors (Lipinski definition) is 1. The standard InChI is InChI=1S/C14H18ClNO2/c1-9-5-6-16(8-10(9)2)14(18)12-4-3-11(15)7-13(12)17/h3-4,7,9-10,17H,5-6,8H2,1-2H3. The maximum atomic E-state index is 12.3. The number of carbonyl (C=O) groups is 1. The minimum atomic E-state index is -0.108. The van der Waals surface area contributed by atoms with Crippen LogP contribution in [0.4, 0.5) is 0 Å². The van der Waals surface area contributed by atoms with Gasteiger partial charge < -0.3 is 10.0 Å². The third-order valence-corrected chi connectivity index (χ3v) is 4.05. The normalized spacial score (nSPS) is 24.1. The fourth-order valence-corrected chi connectivity index (χ4v) is 2.47. The summed E-state index contributed by atoms with van der Waals surface area (Å²) in [6, 6.07) is 4.62. The highest BCUT2D eigenvalue weighted by molar-refractivity contribution is 6.30. The first-order valence-corrected chi connectivity index (χ1v) is 6.64. The number of hydrogen-bond acceptors (Lipinski definition) is 2. The van der Waals surface area contributed by atoms with Gasteiger partial charge in [-0.15, -0.1) is 0 Å². The zero-order valence-corrected chi connectivity index (χ0v) is 11.4. The molecule has 1 aliphatic rings. The van der Waals surface area contributed by atoms with Gasteiger partial charge in [-0.3, -0.25) is 4.79 Å². The molecule has 1 fully saturated rings. The molecule has 2 unspecified atom stereocenters. The van der Waals surface area contributed by atoms with E-state index in [1.165, 1.54) is 6.07 Å². The molecule has 1 aromatic rings. The van der Waals surface area contributed by atoms with Crippen LogP contribution >= 0.6 is 11.6 Å². The Kier molecular flexibility index (Phi) is 3.81. The number of phenols is 1. The van der Waals surface area contributed by atoms with Crippen molar-refractivity contribution in [3.63, 3.8) is 0 Å². The molecule has 1 amide bonds. The number of piperidine rings is 1. The molecule has 0 aliphatic carbocycles. The third-order valence-electron chi connectivity index (χ3n) is 3.81. The monoisotopic (exact) mass is 267 g/mol. The molecule has 18 heavy (non-hydrogen) atoms. The van der Waals surface area contributed by atoms with E-state index < -0.39 is 0 Å². The topological polar surface area (TPSA) is 40.5 Å². The van der Waals surface area contributed by atoms with Crippen LogP contribution in [0.15, 0.2) is 18.2 Å². The van der Waals surface area contributed by atoms with E-state index in [1.54, 1.807) is 12.1 Å². The Morgan fingerprint density at radius 2 is 2.11 bits per heavy atom. The van der Waals surface area contributed by atoms with Gasteiger partial charge in [0.1, 0.15) is 5.75 Å². The number of amides is 1. The van der Waals surface area contributed by atoms with Crippen LogP contribution in [-0.2, 0) is 0 Å². The van der Waals surface area contributed by atoms with E-state index in [2.05, 4.69) is 13.8 Å². The van der Waals surface area contributed by atoms with Crippen LogP contribution in [0.5, 0.6) is 5.75 Å². The molecule has 2 atom stereocenters. The van der Waals surface area contributed by atoms with Crippen molar-refractivity contribution in [2.45, 2.75) is 20.3 Å². The SMILES string of the molecule is CC1CCN(C(=O)c2ccc(Cl)cc2O)CC1C. The summed E-state index contributed by atoms with van der Waals surface area (Å²) < 4.78 is 0. The number of phenolic OH excluding ortho intramolecular Hbond substituents is 1. The lowest BCUT2D eigenvalue weighted by atomic mass is 9.88. The predicted molar refractivity (Wildman–Crippen MR) is 72.0 cm³/mol. The first kappa shape index (κ1) is 13.2. The third kappa shape index (κ3) is 2.61. The van der Waals surface area contributed by atoms with E-state index in [0.717, 1.165) is 19.5 Å². The van der Waals surface area contributed by atoms with Crippen LogP contribution in [0.1, 0.15) is 30.6 Å². The highest BCUT2D eigenvalue weighted by Gasteiger charge is 2.27. The van der Waals surface area contributed by atoms with E-state index in [1.807, 2.05) is 4.90 Å².